The van der Waals surface area contributed by atoms with E-state index in [0.717, 1.165) is 0 Å². The SMILES string of the molecule is O=C(O)Cc1csc(SCCOCC(F)(F)F)n1. The second-order valence-corrected chi connectivity index (χ2v) is 5.39. The smallest absolute Gasteiger partial charge is 0.411 e. The predicted octanol–water partition coefficient (Wildman–Crippen LogP) is 2.44. The van der Waals surface area contributed by atoms with Crippen LogP contribution in [0.25, 0.3) is 0 Å². The van der Waals surface area contributed by atoms with Crippen molar-refractivity contribution in [1.82, 2.24) is 4.98 Å². The highest BCUT2D eigenvalue weighted by Crippen LogP contribution is 2.23. The number of alkyl halides is 3. The number of hydrogen-bond acceptors (Lipinski definition) is 5. The van der Waals surface area contributed by atoms with Crippen molar-refractivity contribution >= 4 is 29.1 Å². The summed E-state index contributed by atoms with van der Waals surface area (Å²) in [6.07, 6.45) is -4.46. The van der Waals surface area contributed by atoms with Crippen molar-refractivity contribution in [2.24, 2.45) is 0 Å². The molecule has 0 saturated carbocycles. The number of thiazole rings is 1. The maximum absolute atomic E-state index is 11.7. The quantitative estimate of drug-likeness (QED) is 0.619. The Morgan fingerprint density at radius 3 is 2.89 bits per heavy atom. The Bertz CT molecular complexity index is 395. The lowest BCUT2D eigenvalue weighted by Gasteiger charge is -2.06. The Kier molecular flexibility index (Phi) is 5.89. The zero-order valence-corrected chi connectivity index (χ0v) is 10.7. The minimum absolute atomic E-state index is 0.0297. The number of ether oxygens (including phenoxy) is 1. The van der Waals surface area contributed by atoms with E-state index in [0.29, 0.717) is 15.8 Å². The number of carbonyl (C=O) groups is 1. The normalized spacial score (nSPS) is 11.7. The summed E-state index contributed by atoms with van der Waals surface area (Å²) < 4.78 is 40.3. The number of thioether (sulfide) groups is 1. The van der Waals surface area contributed by atoms with E-state index in [1.165, 1.54) is 23.1 Å². The number of aliphatic carboxylic acids is 1. The molecule has 0 radical (unpaired) electrons. The molecule has 0 aromatic carbocycles. The largest absolute Gasteiger partial charge is 0.481 e. The number of nitrogens with zero attached hydrogens (tertiary/aromatic N) is 1. The van der Waals surface area contributed by atoms with Crippen LogP contribution in [0, 0.1) is 0 Å². The van der Waals surface area contributed by atoms with Gasteiger partial charge in [0.05, 0.1) is 18.7 Å². The molecule has 0 fully saturated rings. The van der Waals surface area contributed by atoms with Crippen molar-refractivity contribution in [1.29, 1.82) is 0 Å². The van der Waals surface area contributed by atoms with Crippen molar-refractivity contribution in [2.75, 3.05) is 19.0 Å². The summed E-state index contributed by atoms with van der Waals surface area (Å²) in [6, 6.07) is 0. The fourth-order valence-electron chi connectivity index (χ4n) is 0.967. The molecule has 4 nitrogen and oxygen atoms in total. The standard InChI is InChI=1S/C9H10F3NO3S2/c10-9(11,12)5-16-1-2-17-8-13-6(4-18-8)3-7(14)15/h4H,1-3,5H2,(H,14,15). The molecule has 18 heavy (non-hydrogen) atoms. The van der Waals surface area contributed by atoms with Gasteiger partial charge in [0.15, 0.2) is 0 Å². The predicted molar refractivity (Wildman–Crippen MR) is 61.1 cm³/mol. The molecule has 0 aliphatic rings. The van der Waals surface area contributed by atoms with Gasteiger partial charge in [-0.2, -0.15) is 13.2 Å². The van der Waals surface area contributed by atoms with Gasteiger partial charge in [0.25, 0.3) is 0 Å². The van der Waals surface area contributed by atoms with Crippen LogP contribution < -0.4 is 0 Å². The average Bonchev–Trinajstić information content (AvgIpc) is 2.62. The van der Waals surface area contributed by atoms with Gasteiger partial charge in [-0.05, 0) is 0 Å². The fraction of sp³-hybridized carbons (Fsp3) is 0.556. The zero-order chi connectivity index (χ0) is 13.6. The molecule has 1 aromatic heterocycles. The highest BCUT2D eigenvalue weighted by molar-refractivity contribution is 8.01. The minimum atomic E-state index is -4.31. The summed E-state index contributed by atoms with van der Waals surface area (Å²) in [7, 11) is 0. The summed E-state index contributed by atoms with van der Waals surface area (Å²) in [5, 5.41) is 10.1. The number of aromatic nitrogens is 1. The topological polar surface area (TPSA) is 59.4 Å². The Balaban J connectivity index is 2.19. The van der Waals surface area contributed by atoms with Crippen LogP contribution in [0.2, 0.25) is 0 Å². The number of rotatable bonds is 7. The molecule has 1 aromatic rings. The van der Waals surface area contributed by atoms with E-state index < -0.39 is 18.8 Å². The third-order valence-electron chi connectivity index (χ3n) is 1.58. The molecule has 0 aliphatic carbocycles. The van der Waals surface area contributed by atoms with Gasteiger partial charge in [0, 0.05) is 11.1 Å². The molecule has 9 heteroatoms. The number of carboxylic acids is 1. The number of halogens is 3. The molecule has 1 rings (SSSR count). The van der Waals surface area contributed by atoms with Gasteiger partial charge in [-0.3, -0.25) is 4.79 Å². The highest BCUT2D eigenvalue weighted by atomic mass is 32.2. The maximum atomic E-state index is 11.7. The van der Waals surface area contributed by atoms with E-state index in [1.807, 2.05) is 0 Å². The molecule has 0 aliphatic heterocycles. The second kappa shape index (κ2) is 6.95. The molecule has 0 bridgehead atoms. The Hall–Kier alpha value is -0.800. The van der Waals surface area contributed by atoms with Crippen molar-refractivity contribution in [3.8, 4) is 0 Å². The number of hydrogen-bond donors (Lipinski definition) is 1. The molecule has 0 atom stereocenters. The molecule has 0 spiro atoms. The summed E-state index contributed by atoms with van der Waals surface area (Å²) in [5.74, 6) is -0.624. The molecule has 0 amide bonds. The van der Waals surface area contributed by atoms with Gasteiger partial charge in [0.2, 0.25) is 0 Å². The molecular weight excluding hydrogens is 291 g/mol. The summed E-state index contributed by atoms with van der Waals surface area (Å²) >= 11 is 2.51. The van der Waals surface area contributed by atoms with Crippen LogP contribution in [-0.4, -0.2) is 41.2 Å². The van der Waals surface area contributed by atoms with Gasteiger partial charge in [0.1, 0.15) is 10.9 Å². The summed E-state index contributed by atoms with van der Waals surface area (Å²) in [4.78, 5) is 14.4. The van der Waals surface area contributed by atoms with Crippen LogP contribution in [0.5, 0.6) is 0 Å². The van der Waals surface area contributed by atoms with Gasteiger partial charge in [-0.1, -0.05) is 11.8 Å². The van der Waals surface area contributed by atoms with Crippen LogP contribution in [0.1, 0.15) is 5.69 Å². The first-order valence-corrected chi connectivity index (χ1v) is 6.67. The van der Waals surface area contributed by atoms with E-state index in [-0.39, 0.29) is 13.0 Å². The second-order valence-electron chi connectivity index (χ2n) is 3.19. The van der Waals surface area contributed by atoms with E-state index >= 15 is 0 Å². The van der Waals surface area contributed by atoms with E-state index in [9.17, 15) is 18.0 Å². The molecule has 102 valence electrons. The van der Waals surface area contributed by atoms with Crippen LogP contribution in [0.4, 0.5) is 13.2 Å². The van der Waals surface area contributed by atoms with Gasteiger partial charge >= 0.3 is 12.1 Å². The van der Waals surface area contributed by atoms with Crippen LogP contribution in [0.15, 0.2) is 9.72 Å². The minimum Gasteiger partial charge on any atom is -0.481 e. The first-order chi connectivity index (χ1) is 8.37. The summed E-state index contributed by atoms with van der Waals surface area (Å²) in [6.45, 7) is -1.28. The Labute approximate surface area is 109 Å². The van der Waals surface area contributed by atoms with Gasteiger partial charge < -0.3 is 9.84 Å². The average molecular weight is 301 g/mol. The fourth-order valence-corrected chi connectivity index (χ4v) is 2.73. The van der Waals surface area contributed by atoms with Crippen LogP contribution >= 0.6 is 23.1 Å². The molecule has 0 unspecified atom stereocenters. The van der Waals surface area contributed by atoms with Crippen molar-refractivity contribution < 1.29 is 27.8 Å². The first-order valence-electron chi connectivity index (χ1n) is 4.80. The lowest BCUT2D eigenvalue weighted by Crippen LogP contribution is -2.17. The molecule has 0 saturated heterocycles. The van der Waals surface area contributed by atoms with E-state index in [2.05, 4.69) is 9.72 Å². The van der Waals surface area contributed by atoms with E-state index in [4.69, 9.17) is 5.11 Å². The summed E-state index contributed by atoms with van der Waals surface area (Å²) in [5.41, 5.74) is 0.450. The van der Waals surface area contributed by atoms with Crippen molar-refractivity contribution in [3.63, 3.8) is 0 Å². The number of carboxylic acid groups (broad SMARTS) is 1. The van der Waals surface area contributed by atoms with Crippen LogP contribution in [0.3, 0.4) is 0 Å². The highest BCUT2D eigenvalue weighted by Gasteiger charge is 2.27. The third-order valence-corrected chi connectivity index (χ3v) is 3.62. The maximum Gasteiger partial charge on any atom is 0.411 e. The lowest BCUT2D eigenvalue weighted by molar-refractivity contribution is -0.172. The monoisotopic (exact) mass is 301 g/mol. The lowest BCUT2D eigenvalue weighted by atomic mass is 10.3. The van der Waals surface area contributed by atoms with Gasteiger partial charge in [-0.25, -0.2) is 4.98 Å². The Morgan fingerprint density at radius 1 is 1.56 bits per heavy atom. The van der Waals surface area contributed by atoms with E-state index in [1.54, 1.807) is 5.38 Å². The van der Waals surface area contributed by atoms with Crippen LogP contribution in [-0.2, 0) is 16.0 Å². The zero-order valence-electron chi connectivity index (χ0n) is 9.07. The molecular formula is C9H10F3NO3S2. The third kappa shape index (κ3) is 6.82. The van der Waals surface area contributed by atoms with Crippen molar-refractivity contribution in [2.45, 2.75) is 16.9 Å². The molecule has 1 heterocycles. The van der Waals surface area contributed by atoms with Gasteiger partial charge in [-0.15, -0.1) is 11.3 Å². The first kappa shape index (κ1) is 15.3. The molecule has 1 N–H and O–H groups in total. The Morgan fingerprint density at radius 2 is 2.28 bits per heavy atom. The van der Waals surface area contributed by atoms with Crippen molar-refractivity contribution in [3.05, 3.63) is 11.1 Å².